The summed E-state index contributed by atoms with van der Waals surface area (Å²) < 4.78 is 4.64. The van der Waals surface area contributed by atoms with Crippen LogP contribution in [0.5, 0.6) is 0 Å². The molecule has 0 unspecified atom stereocenters. The van der Waals surface area contributed by atoms with Crippen molar-refractivity contribution in [3.63, 3.8) is 0 Å². The van der Waals surface area contributed by atoms with E-state index in [4.69, 9.17) is 11.6 Å². The van der Waals surface area contributed by atoms with Crippen LogP contribution in [-0.4, -0.2) is 23.0 Å². The summed E-state index contributed by atoms with van der Waals surface area (Å²) in [7, 11) is 1.33. The van der Waals surface area contributed by atoms with E-state index in [1.807, 2.05) is 6.92 Å². The van der Waals surface area contributed by atoms with E-state index in [2.05, 4.69) is 14.7 Å². The van der Waals surface area contributed by atoms with E-state index >= 15 is 0 Å². The van der Waals surface area contributed by atoms with E-state index < -0.39 is 5.97 Å². The lowest BCUT2D eigenvalue weighted by atomic mass is 10.1. The van der Waals surface area contributed by atoms with Crippen LogP contribution in [0.3, 0.4) is 0 Å². The largest absolute Gasteiger partial charge is 0.465 e. The van der Waals surface area contributed by atoms with Crippen LogP contribution >= 0.6 is 11.6 Å². The highest BCUT2D eigenvalue weighted by Gasteiger charge is 2.17. The number of methoxy groups -OCH3 is 1. The Bertz CT molecular complexity index is 366. The molecule has 4 nitrogen and oxygen atoms in total. The minimum absolute atomic E-state index is 0.159. The second-order valence-corrected chi connectivity index (χ2v) is 3.08. The highest BCUT2D eigenvalue weighted by atomic mass is 35.5. The van der Waals surface area contributed by atoms with Gasteiger partial charge in [0.1, 0.15) is 5.56 Å². The van der Waals surface area contributed by atoms with Gasteiger partial charge in [0.25, 0.3) is 0 Å². The summed E-state index contributed by atoms with van der Waals surface area (Å²) in [4.78, 5) is 19.3. The molecule has 0 fully saturated rings. The summed E-state index contributed by atoms with van der Waals surface area (Å²) in [5.74, 6) is -0.420. The molecule has 0 aliphatic carbocycles. The average molecular weight is 215 g/mol. The summed E-state index contributed by atoms with van der Waals surface area (Å²) in [5, 5.41) is 0.159. The summed E-state index contributed by atoms with van der Waals surface area (Å²) in [6.07, 6.45) is 0.619. The molecule has 1 heterocycles. The van der Waals surface area contributed by atoms with Crippen molar-refractivity contribution in [1.29, 1.82) is 0 Å². The molecule has 0 amide bonds. The van der Waals surface area contributed by atoms with E-state index in [1.165, 1.54) is 7.11 Å². The number of carbonyl (C=O) groups excluding carboxylic acids is 1. The van der Waals surface area contributed by atoms with Crippen molar-refractivity contribution in [3.8, 4) is 0 Å². The molecule has 76 valence electrons. The van der Waals surface area contributed by atoms with E-state index in [0.717, 1.165) is 0 Å². The van der Waals surface area contributed by atoms with Crippen molar-refractivity contribution in [1.82, 2.24) is 9.97 Å². The molecule has 0 saturated heterocycles. The lowest BCUT2D eigenvalue weighted by Gasteiger charge is -2.07. The first-order valence-corrected chi connectivity index (χ1v) is 4.59. The van der Waals surface area contributed by atoms with Crippen molar-refractivity contribution in [2.45, 2.75) is 20.3 Å². The summed E-state index contributed by atoms with van der Waals surface area (Å²) in [5.41, 5.74) is 1.59. The predicted octanol–water partition coefficient (Wildman–Crippen LogP) is 1.79. The molecule has 0 aliphatic rings. The Kier molecular flexibility index (Phi) is 3.41. The fraction of sp³-hybridized carbons (Fsp3) is 0.444. The Balaban J connectivity index is 3.32. The zero-order valence-electron chi connectivity index (χ0n) is 8.30. The number of aromatic nitrogens is 2. The third-order valence-electron chi connectivity index (χ3n) is 1.86. The van der Waals surface area contributed by atoms with Crippen LogP contribution < -0.4 is 0 Å². The number of aryl methyl sites for hydroxylation is 2. The smallest absolute Gasteiger partial charge is 0.341 e. The van der Waals surface area contributed by atoms with Crippen LogP contribution in [-0.2, 0) is 11.2 Å². The van der Waals surface area contributed by atoms with Crippen LogP contribution in [0, 0.1) is 6.92 Å². The molecule has 0 aromatic carbocycles. The number of halogens is 1. The molecule has 1 aromatic heterocycles. The van der Waals surface area contributed by atoms with Crippen molar-refractivity contribution >= 4 is 17.6 Å². The van der Waals surface area contributed by atoms with Gasteiger partial charge in [0.05, 0.1) is 18.5 Å². The summed E-state index contributed by atoms with van der Waals surface area (Å²) >= 11 is 5.67. The Hall–Kier alpha value is -1.16. The number of hydrogen-bond donors (Lipinski definition) is 0. The Morgan fingerprint density at radius 1 is 1.50 bits per heavy atom. The molecule has 0 N–H and O–H groups in total. The lowest BCUT2D eigenvalue weighted by Crippen LogP contribution is -2.11. The van der Waals surface area contributed by atoms with Crippen LogP contribution in [0.15, 0.2) is 0 Å². The molecule has 0 saturated carbocycles. The van der Waals surface area contributed by atoms with Gasteiger partial charge in [0, 0.05) is 0 Å². The second-order valence-electron chi connectivity index (χ2n) is 2.74. The minimum atomic E-state index is -0.420. The van der Waals surface area contributed by atoms with Crippen molar-refractivity contribution in [2.24, 2.45) is 0 Å². The minimum Gasteiger partial charge on any atom is -0.465 e. The van der Waals surface area contributed by atoms with Gasteiger partial charge in [-0.05, 0) is 24.9 Å². The Morgan fingerprint density at radius 2 is 2.14 bits per heavy atom. The van der Waals surface area contributed by atoms with E-state index in [9.17, 15) is 4.79 Å². The van der Waals surface area contributed by atoms with Crippen molar-refractivity contribution in [2.75, 3.05) is 7.11 Å². The molecule has 0 radical (unpaired) electrons. The standard InChI is InChI=1S/C9H11ClN2O2/c1-4-6-7(8(13)14-3)5(2)11-9(10)12-6/h4H2,1-3H3. The maximum atomic E-state index is 11.4. The fourth-order valence-electron chi connectivity index (χ4n) is 1.22. The first-order chi connectivity index (χ1) is 6.60. The van der Waals surface area contributed by atoms with Gasteiger partial charge in [-0.3, -0.25) is 0 Å². The molecule has 1 aromatic rings. The van der Waals surface area contributed by atoms with Gasteiger partial charge in [-0.25, -0.2) is 14.8 Å². The second kappa shape index (κ2) is 4.37. The molecular formula is C9H11ClN2O2. The number of hydrogen-bond acceptors (Lipinski definition) is 4. The topological polar surface area (TPSA) is 52.1 Å². The SMILES string of the molecule is CCc1nc(Cl)nc(C)c1C(=O)OC. The van der Waals surface area contributed by atoms with Gasteiger partial charge in [-0.1, -0.05) is 6.92 Å². The van der Waals surface area contributed by atoms with Crippen LogP contribution in [0.1, 0.15) is 28.7 Å². The first kappa shape index (κ1) is 10.9. The van der Waals surface area contributed by atoms with Gasteiger partial charge in [-0.15, -0.1) is 0 Å². The molecule has 1 rings (SSSR count). The van der Waals surface area contributed by atoms with Gasteiger partial charge in [0.15, 0.2) is 0 Å². The Labute approximate surface area is 87.3 Å². The van der Waals surface area contributed by atoms with Gasteiger partial charge >= 0.3 is 5.97 Å². The molecule has 0 bridgehead atoms. The number of rotatable bonds is 2. The number of ether oxygens (including phenoxy) is 1. The highest BCUT2D eigenvalue weighted by molar-refractivity contribution is 6.28. The molecular weight excluding hydrogens is 204 g/mol. The third-order valence-corrected chi connectivity index (χ3v) is 2.03. The average Bonchev–Trinajstić information content (AvgIpc) is 2.15. The first-order valence-electron chi connectivity index (χ1n) is 4.21. The fourth-order valence-corrected chi connectivity index (χ4v) is 1.45. The monoisotopic (exact) mass is 214 g/mol. The van der Waals surface area contributed by atoms with E-state index in [1.54, 1.807) is 6.92 Å². The van der Waals surface area contributed by atoms with Crippen molar-refractivity contribution < 1.29 is 9.53 Å². The van der Waals surface area contributed by atoms with E-state index in [0.29, 0.717) is 23.4 Å². The summed E-state index contributed by atoms with van der Waals surface area (Å²) in [6.45, 7) is 3.60. The molecule has 5 heteroatoms. The Morgan fingerprint density at radius 3 is 2.64 bits per heavy atom. The highest BCUT2D eigenvalue weighted by Crippen LogP contribution is 2.15. The quantitative estimate of drug-likeness (QED) is 0.556. The number of esters is 1. The maximum absolute atomic E-state index is 11.4. The van der Waals surface area contributed by atoms with Crippen LogP contribution in [0.2, 0.25) is 5.28 Å². The van der Waals surface area contributed by atoms with Crippen molar-refractivity contribution in [3.05, 3.63) is 22.2 Å². The van der Waals surface area contributed by atoms with Crippen LogP contribution in [0.4, 0.5) is 0 Å². The molecule has 14 heavy (non-hydrogen) atoms. The predicted molar refractivity (Wildman–Crippen MR) is 52.5 cm³/mol. The lowest BCUT2D eigenvalue weighted by molar-refractivity contribution is 0.0597. The normalized spacial score (nSPS) is 10.0. The van der Waals surface area contributed by atoms with Gasteiger partial charge in [-0.2, -0.15) is 0 Å². The van der Waals surface area contributed by atoms with E-state index in [-0.39, 0.29) is 5.28 Å². The van der Waals surface area contributed by atoms with Gasteiger partial charge in [0.2, 0.25) is 5.28 Å². The van der Waals surface area contributed by atoms with Gasteiger partial charge < -0.3 is 4.74 Å². The maximum Gasteiger partial charge on any atom is 0.341 e. The number of carbonyl (C=O) groups is 1. The third kappa shape index (κ3) is 2.01. The molecule has 0 spiro atoms. The molecule has 0 atom stereocenters. The zero-order valence-corrected chi connectivity index (χ0v) is 9.05. The zero-order chi connectivity index (χ0) is 10.7. The summed E-state index contributed by atoms with van der Waals surface area (Å²) in [6, 6.07) is 0. The number of nitrogens with zero attached hydrogens (tertiary/aromatic N) is 2. The van der Waals surface area contributed by atoms with Crippen LogP contribution in [0.25, 0.3) is 0 Å². The molecule has 0 aliphatic heterocycles.